The molecule has 0 bridgehead atoms. The van der Waals surface area contributed by atoms with Crippen molar-refractivity contribution in [2.45, 2.75) is 19.8 Å². The maximum atomic E-state index is 12.4. The van der Waals surface area contributed by atoms with Gasteiger partial charge in [-0.25, -0.2) is 0 Å². The van der Waals surface area contributed by atoms with Gasteiger partial charge in [0.15, 0.2) is 5.58 Å². The third kappa shape index (κ3) is 2.29. The zero-order valence-electron chi connectivity index (χ0n) is 11.6. The van der Waals surface area contributed by atoms with Gasteiger partial charge in [-0.1, -0.05) is 24.2 Å². The third-order valence-electron chi connectivity index (χ3n) is 4.17. The van der Waals surface area contributed by atoms with Crippen molar-refractivity contribution in [1.82, 2.24) is 10.1 Å². The van der Waals surface area contributed by atoms with E-state index in [0.717, 1.165) is 30.5 Å². The molecule has 1 unspecified atom stereocenters. The van der Waals surface area contributed by atoms with Crippen LogP contribution in [0.25, 0.3) is 11.0 Å². The molecule has 1 saturated heterocycles. The summed E-state index contributed by atoms with van der Waals surface area (Å²) in [7, 11) is 0. The van der Waals surface area contributed by atoms with E-state index in [0.29, 0.717) is 12.2 Å². The molecule has 3 rings (SSSR count). The van der Waals surface area contributed by atoms with Crippen molar-refractivity contribution in [1.29, 1.82) is 0 Å². The monoisotopic (exact) mass is 273 g/mol. The van der Waals surface area contributed by atoms with Gasteiger partial charge in [-0.05, 0) is 30.5 Å². The fourth-order valence-electron chi connectivity index (χ4n) is 2.72. The summed E-state index contributed by atoms with van der Waals surface area (Å²) in [4.78, 5) is 14.2. The number of benzene rings is 1. The number of fused-ring (bicyclic) bond motifs is 1. The Bertz CT molecular complexity index is 637. The number of carbonyl (C=O) groups excluding carboxylic acids is 1. The number of nitrogens with zero attached hydrogens (tertiary/aromatic N) is 2. The number of hydrogen-bond donors (Lipinski definition) is 1. The summed E-state index contributed by atoms with van der Waals surface area (Å²) in [6.45, 7) is 4.26. The zero-order valence-corrected chi connectivity index (χ0v) is 11.6. The van der Waals surface area contributed by atoms with Crippen LogP contribution in [-0.2, 0) is 11.2 Å². The molecule has 0 spiro atoms. The van der Waals surface area contributed by atoms with Crippen LogP contribution in [0.3, 0.4) is 0 Å². The molecule has 2 N–H and O–H groups in total. The molecule has 1 aliphatic rings. The highest BCUT2D eigenvalue weighted by Crippen LogP contribution is 2.29. The molecule has 0 radical (unpaired) electrons. The van der Waals surface area contributed by atoms with E-state index in [9.17, 15) is 4.79 Å². The van der Waals surface area contributed by atoms with Crippen molar-refractivity contribution in [2.24, 2.45) is 11.1 Å². The lowest BCUT2D eigenvalue weighted by atomic mass is 9.90. The summed E-state index contributed by atoms with van der Waals surface area (Å²) in [6.07, 6.45) is 1.26. The molecule has 0 saturated carbocycles. The number of hydrogen-bond acceptors (Lipinski definition) is 4. The molecule has 2 heterocycles. The van der Waals surface area contributed by atoms with Gasteiger partial charge in [0, 0.05) is 18.5 Å². The van der Waals surface area contributed by atoms with E-state index in [1.54, 1.807) is 0 Å². The quantitative estimate of drug-likeness (QED) is 0.921. The van der Waals surface area contributed by atoms with Crippen LogP contribution in [0, 0.1) is 5.41 Å². The molecular formula is C15H19N3O2. The van der Waals surface area contributed by atoms with Gasteiger partial charge in [0.05, 0.1) is 6.42 Å². The van der Waals surface area contributed by atoms with E-state index in [1.807, 2.05) is 29.2 Å². The van der Waals surface area contributed by atoms with Crippen LogP contribution in [0.2, 0.25) is 0 Å². The minimum Gasteiger partial charge on any atom is -0.356 e. The van der Waals surface area contributed by atoms with E-state index in [1.165, 1.54) is 0 Å². The molecule has 1 aliphatic heterocycles. The Morgan fingerprint density at radius 3 is 3.05 bits per heavy atom. The lowest BCUT2D eigenvalue weighted by Crippen LogP contribution is -2.35. The maximum absolute atomic E-state index is 12.4. The van der Waals surface area contributed by atoms with Gasteiger partial charge in [-0.3, -0.25) is 4.79 Å². The molecule has 0 aliphatic carbocycles. The molecule has 1 atom stereocenters. The van der Waals surface area contributed by atoms with Crippen LogP contribution in [-0.4, -0.2) is 35.6 Å². The number of nitrogens with two attached hydrogens (primary N) is 1. The predicted molar refractivity (Wildman–Crippen MR) is 76.1 cm³/mol. The fourth-order valence-corrected chi connectivity index (χ4v) is 2.72. The highest BCUT2D eigenvalue weighted by molar-refractivity contribution is 5.86. The van der Waals surface area contributed by atoms with Gasteiger partial charge >= 0.3 is 0 Å². The summed E-state index contributed by atoms with van der Waals surface area (Å²) in [5, 5.41) is 4.93. The molecule has 5 heteroatoms. The Morgan fingerprint density at radius 1 is 1.50 bits per heavy atom. The zero-order chi connectivity index (χ0) is 14.2. The molecule has 1 aromatic heterocycles. The molecule has 2 aromatic rings. The second-order valence-electron chi connectivity index (χ2n) is 5.88. The van der Waals surface area contributed by atoms with Crippen molar-refractivity contribution in [2.75, 3.05) is 19.6 Å². The largest absolute Gasteiger partial charge is 0.356 e. The Kier molecular flexibility index (Phi) is 3.22. The summed E-state index contributed by atoms with van der Waals surface area (Å²) in [5.41, 5.74) is 7.27. The van der Waals surface area contributed by atoms with Crippen LogP contribution < -0.4 is 5.73 Å². The van der Waals surface area contributed by atoms with Crippen LogP contribution in [0.1, 0.15) is 19.0 Å². The number of amides is 1. The van der Waals surface area contributed by atoms with Crippen molar-refractivity contribution < 1.29 is 9.32 Å². The van der Waals surface area contributed by atoms with E-state index in [2.05, 4.69) is 12.1 Å². The highest BCUT2D eigenvalue weighted by Gasteiger charge is 2.35. The van der Waals surface area contributed by atoms with Crippen molar-refractivity contribution in [3.8, 4) is 0 Å². The molecule has 1 amide bonds. The summed E-state index contributed by atoms with van der Waals surface area (Å²) >= 11 is 0. The van der Waals surface area contributed by atoms with E-state index in [4.69, 9.17) is 10.3 Å². The van der Waals surface area contributed by atoms with Crippen LogP contribution in [0.5, 0.6) is 0 Å². The van der Waals surface area contributed by atoms with Crippen molar-refractivity contribution in [3.63, 3.8) is 0 Å². The van der Waals surface area contributed by atoms with Gasteiger partial charge < -0.3 is 15.2 Å². The third-order valence-corrected chi connectivity index (χ3v) is 4.17. The number of rotatable bonds is 3. The second-order valence-corrected chi connectivity index (χ2v) is 5.88. The van der Waals surface area contributed by atoms with Gasteiger partial charge in [-0.15, -0.1) is 0 Å². The number of para-hydroxylation sites is 1. The van der Waals surface area contributed by atoms with E-state index in [-0.39, 0.29) is 17.7 Å². The topological polar surface area (TPSA) is 72.4 Å². The van der Waals surface area contributed by atoms with Gasteiger partial charge in [0.25, 0.3) is 0 Å². The van der Waals surface area contributed by atoms with Crippen molar-refractivity contribution >= 4 is 16.9 Å². The average molecular weight is 273 g/mol. The minimum absolute atomic E-state index is 0.0571. The Balaban J connectivity index is 1.74. The summed E-state index contributed by atoms with van der Waals surface area (Å²) < 4.78 is 5.23. The van der Waals surface area contributed by atoms with Gasteiger partial charge in [-0.2, -0.15) is 0 Å². The molecule has 106 valence electrons. The fraction of sp³-hybridized carbons (Fsp3) is 0.467. The molecule has 1 aromatic carbocycles. The lowest BCUT2D eigenvalue weighted by molar-refractivity contribution is -0.129. The lowest BCUT2D eigenvalue weighted by Gasteiger charge is -2.22. The smallest absolute Gasteiger partial charge is 0.228 e. The van der Waals surface area contributed by atoms with Crippen LogP contribution >= 0.6 is 0 Å². The summed E-state index contributed by atoms with van der Waals surface area (Å²) in [5.74, 6) is 0.0984. The Labute approximate surface area is 117 Å². The number of likely N-dealkylation sites (tertiary alicyclic amines) is 1. The second kappa shape index (κ2) is 4.90. The first kappa shape index (κ1) is 13.1. The Hall–Kier alpha value is -1.88. The minimum atomic E-state index is 0.0571. The van der Waals surface area contributed by atoms with E-state index < -0.39 is 0 Å². The first-order chi connectivity index (χ1) is 9.61. The van der Waals surface area contributed by atoms with E-state index >= 15 is 0 Å². The molecule has 1 fully saturated rings. The van der Waals surface area contributed by atoms with Gasteiger partial charge in [0.2, 0.25) is 5.91 Å². The number of carbonyl (C=O) groups is 1. The average Bonchev–Trinajstić information content (AvgIpc) is 3.04. The summed E-state index contributed by atoms with van der Waals surface area (Å²) in [6, 6.07) is 7.61. The van der Waals surface area contributed by atoms with Gasteiger partial charge in [0.1, 0.15) is 5.69 Å². The first-order valence-corrected chi connectivity index (χ1v) is 6.92. The molecular weight excluding hydrogens is 254 g/mol. The molecule has 20 heavy (non-hydrogen) atoms. The van der Waals surface area contributed by atoms with Crippen molar-refractivity contribution in [3.05, 3.63) is 30.0 Å². The van der Waals surface area contributed by atoms with Crippen LogP contribution in [0.15, 0.2) is 28.8 Å². The highest BCUT2D eigenvalue weighted by atomic mass is 16.5. The maximum Gasteiger partial charge on any atom is 0.228 e. The SMILES string of the molecule is CC1(CN)CCN(C(=O)Cc2noc3ccccc23)C1. The van der Waals surface area contributed by atoms with Crippen LogP contribution in [0.4, 0.5) is 0 Å². The predicted octanol–water partition coefficient (Wildman–Crippen LogP) is 1.57. The standard InChI is InChI=1S/C15H19N3O2/c1-15(9-16)6-7-18(10-15)14(19)8-12-11-4-2-3-5-13(11)20-17-12/h2-5H,6-10,16H2,1H3. The number of aromatic nitrogens is 1. The first-order valence-electron chi connectivity index (χ1n) is 6.92. The Morgan fingerprint density at radius 2 is 2.30 bits per heavy atom. The normalized spacial score (nSPS) is 22.6. The molecule has 5 nitrogen and oxygen atoms in total.